The van der Waals surface area contributed by atoms with Crippen LogP contribution in [0.4, 0.5) is 4.39 Å². The summed E-state index contributed by atoms with van der Waals surface area (Å²) in [5, 5.41) is 0.740. The van der Waals surface area contributed by atoms with Gasteiger partial charge in [-0.25, -0.2) is 9.37 Å². The highest BCUT2D eigenvalue weighted by Crippen LogP contribution is 2.23. The van der Waals surface area contributed by atoms with E-state index < -0.39 is 0 Å². The van der Waals surface area contributed by atoms with Gasteiger partial charge in [0.1, 0.15) is 11.5 Å². The molecule has 0 unspecified atom stereocenters. The molecule has 0 amide bonds. The molecule has 0 atom stereocenters. The smallest absolute Gasteiger partial charge is 0.195 e. The second kappa shape index (κ2) is 4.59. The quantitative estimate of drug-likeness (QED) is 0.732. The third kappa shape index (κ3) is 2.17. The number of hydrogen-bond acceptors (Lipinski definition) is 2. The number of hydrogen-bond donors (Lipinski definition) is 1. The average Bonchev–Trinajstić information content (AvgIpc) is 2.81. The number of H-pyrrole nitrogens is 1. The van der Waals surface area contributed by atoms with Gasteiger partial charge in [0.15, 0.2) is 5.78 Å². The van der Waals surface area contributed by atoms with E-state index in [-0.39, 0.29) is 11.6 Å². The van der Waals surface area contributed by atoms with Crippen molar-refractivity contribution in [2.75, 3.05) is 0 Å². The van der Waals surface area contributed by atoms with E-state index in [0.717, 1.165) is 9.86 Å². The zero-order chi connectivity index (χ0) is 13.4. The Morgan fingerprint density at radius 2 is 2.00 bits per heavy atom. The van der Waals surface area contributed by atoms with Gasteiger partial charge in [-0.05, 0) is 46.3 Å². The van der Waals surface area contributed by atoms with Crippen molar-refractivity contribution in [1.29, 1.82) is 0 Å². The van der Waals surface area contributed by atoms with Crippen LogP contribution in [0.5, 0.6) is 0 Å². The van der Waals surface area contributed by atoms with Gasteiger partial charge in [0.2, 0.25) is 0 Å². The van der Waals surface area contributed by atoms with Gasteiger partial charge in [0.25, 0.3) is 0 Å². The second-order valence-electron chi connectivity index (χ2n) is 4.09. The fourth-order valence-electron chi connectivity index (χ4n) is 1.92. The zero-order valence-electron chi connectivity index (χ0n) is 9.65. The highest BCUT2D eigenvalue weighted by atomic mass is 79.9. The Morgan fingerprint density at radius 1 is 1.26 bits per heavy atom. The number of carbonyl (C=O) groups excluding carboxylic acids is 1. The molecular weight excluding hydrogens is 311 g/mol. The molecule has 1 N–H and O–H groups in total. The van der Waals surface area contributed by atoms with E-state index in [1.807, 2.05) is 6.07 Å². The van der Waals surface area contributed by atoms with Gasteiger partial charge in [-0.1, -0.05) is 0 Å². The molecule has 94 valence electrons. The van der Waals surface area contributed by atoms with Gasteiger partial charge in [0.05, 0.1) is 0 Å². The number of aromatic nitrogens is 2. The van der Waals surface area contributed by atoms with Crippen molar-refractivity contribution in [3.8, 4) is 0 Å². The fourth-order valence-corrected chi connectivity index (χ4v) is 2.25. The Bertz CT molecular complexity index is 765. The normalized spacial score (nSPS) is 10.8. The Balaban J connectivity index is 2.11. The molecule has 5 heteroatoms. The number of fused-ring (bicyclic) bond motifs is 1. The van der Waals surface area contributed by atoms with E-state index in [1.54, 1.807) is 12.4 Å². The van der Waals surface area contributed by atoms with Gasteiger partial charge < -0.3 is 4.98 Å². The monoisotopic (exact) mass is 318 g/mol. The summed E-state index contributed by atoms with van der Waals surface area (Å²) < 4.78 is 13.7. The van der Waals surface area contributed by atoms with Gasteiger partial charge in [-0.2, -0.15) is 0 Å². The minimum Gasteiger partial charge on any atom is -0.345 e. The Morgan fingerprint density at radius 3 is 2.74 bits per heavy atom. The van der Waals surface area contributed by atoms with Crippen LogP contribution in [0.15, 0.2) is 47.2 Å². The molecule has 3 nitrogen and oxygen atoms in total. The number of carbonyl (C=O) groups is 1. The summed E-state index contributed by atoms with van der Waals surface area (Å²) in [7, 11) is 0. The molecule has 0 aliphatic heterocycles. The maximum atomic E-state index is 12.9. The predicted octanol–water partition coefficient (Wildman–Crippen LogP) is 3.70. The summed E-state index contributed by atoms with van der Waals surface area (Å²) in [5.74, 6) is -0.522. The second-order valence-corrected chi connectivity index (χ2v) is 5.00. The van der Waals surface area contributed by atoms with Crippen LogP contribution in [0.3, 0.4) is 0 Å². The van der Waals surface area contributed by atoms with Crippen molar-refractivity contribution >= 4 is 32.7 Å². The predicted molar refractivity (Wildman–Crippen MR) is 73.6 cm³/mol. The first-order valence-electron chi connectivity index (χ1n) is 5.58. The number of rotatable bonds is 2. The van der Waals surface area contributed by atoms with Gasteiger partial charge >= 0.3 is 0 Å². The van der Waals surface area contributed by atoms with Crippen LogP contribution in [0.25, 0.3) is 11.0 Å². The maximum absolute atomic E-state index is 12.9. The van der Waals surface area contributed by atoms with E-state index in [4.69, 9.17) is 0 Å². The first-order chi connectivity index (χ1) is 9.15. The molecule has 0 saturated heterocycles. The molecule has 2 aromatic heterocycles. The summed E-state index contributed by atoms with van der Waals surface area (Å²) >= 11 is 3.33. The third-order valence-electron chi connectivity index (χ3n) is 2.85. The molecule has 3 aromatic rings. The molecule has 19 heavy (non-hydrogen) atoms. The zero-order valence-corrected chi connectivity index (χ0v) is 11.2. The van der Waals surface area contributed by atoms with Crippen molar-refractivity contribution in [3.63, 3.8) is 0 Å². The third-order valence-corrected chi connectivity index (χ3v) is 3.28. The minimum absolute atomic E-state index is 0.161. The van der Waals surface area contributed by atoms with E-state index in [9.17, 15) is 9.18 Å². The lowest BCUT2D eigenvalue weighted by atomic mass is 10.0. The van der Waals surface area contributed by atoms with Gasteiger partial charge in [-0.15, -0.1) is 0 Å². The molecule has 0 fully saturated rings. The number of nitrogens with zero attached hydrogens (tertiary/aromatic N) is 1. The van der Waals surface area contributed by atoms with Crippen molar-refractivity contribution in [1.82, 2.24) is 9.97 Å². The lowest BCUT2D eigenvalue weighted by Crippen LogP contribution is -2.00. The minimum atomic E-state index is -0.361. The first kappa shape index (κ1) is 12.0. The first-order valence-corrected chi connectivity index (χ1v) is 6.37. The highest BCUT2D eigenvalue weighted by Gasteiger charge is 2.15. The number of halogens is 2. The SMILES string of the molecule is O=C(c1ccc(F)cc1)c1c[nH]c2ncc(Br)cc12. The van der Waals surface area contributed by atoms with Crippen LogP contribution in [-0.2, 0) is 0 Å². The van der Waals surface area contributed by atoms with Crippen molar-refractivity contribution in [2.24, 2.45) is 0 Å². The molecule has 3 rings (SSSR count). The van der Waals surface area contributed by atoms with Crippen molar-refractivity contribution in [3.05, 3.63) is 64.1 Å². The lowest BCUT2D eigenvalue weighted by Gasteiger charge is -2.00. The molecule has 2 heterocycles. The van der Waals surface area contributed by atoms with Gasteiger partial charge in [-0.3, -0.25) is 4.79 Å². The topological polar surface area (TPSA) is 45.8 Å². The van der Waals surface area contributed by atoms with Crippen molar-refractivity contribution < 1.29 is 9.18 Å². The summed E-state index contributed by atoms with van der Waals surface area (Å²) in [6, 6.07) is 7.33. The average molecular weight is 319 g/mol. The van der Waals surface area contributed by atoms with Crippen LogP contribution in [0, 0.1) is 5.82 Å². The van der Waals surface area contributed by atoms with Crippen LogP contribution in [-0.4, -0.2) is 15.8 Å². The van der Waals surface area contributed by atoms with E-state index >= 15 is 0 Å². The largest absolute Gasteiger partial charge is 0.345 e. The fraction of sp³-hybridized carbons (Fsp3) is 0. The van der Waals surface area contributed by atoms with E-state index in [2.05, 4.69) is 25.9 Å². The van der Waals surface area contributed by atoms with E-state index in [0.29, 0.717) is 16.8 Å². The van der Waals surface area contributed by atoms with Crippen molar-refractivity contribution in [2.45, 2.75) is 0 Å². The molecule has 0 bridgehead atoms. The highest BCUT2D eigenvalue weighted by molar-refractivity contribution is 9.10. The van der Waals surface area contributed by atoms with Crippen LogP contribution in [0.2, 0.25) is 0 Å². The number of aromatic amines is 1. The summed E-state index contributed by atoms with van der Waals surface area (Å²) in [6.07, 6.45) is 3.28. The summed E-state index contributed by atoms with van der Waals surface area (Å²) in [6.45, 7) is 0. The maximum Gasteiger partial charge on any atom is 0.195 e. The number of pyridine rings is 1. The standard InChI is InChI=1S/C14H8BrFN2O/c15-9-5-11-12(7-18-14(11)17-6-9)13(19)8-1-3-10(16)4-2-8/h1-7H,(H,17,18). The Kier molecular flexibility index (Phi) is 2.91. The van der Waals surface area contributed by atoms with Gasteiger partial charge in [0, 0.05) is 33.4 Å². The molecule has 0 aliphatic rings. The molecular formula is C14H8BrFN2O. The number of nitrogens with one attached hydrogen (secondary N) is 1. The Hall–Kier alpha value is -2.01. The Labute approximate surface area is 116 Å². The van der Waals surface area contributed by atoms with Crippen LogP contribution in [0.1, 0.15) is 15.9 Å². The summed E-state index contributed by atoms with van der Waals surface area (Å²) in [4.78, 5) is 19.5. The molecule has 0 aliphatic carbocycles. The molecule has 1 aromatic carbocycles. The van der Waals surface area contributed by atoms with Crippen LogP contribution < -0.4 is 0 Å². The van der Waals surface area contributed by atoms with E-state index in [1.165, 1.54) is 24.3 Å². The van der Waals surface area contributed by atoms with Crippen LogP contribution >= 0.6 is 15.9 Å². The molecule has 0 saturated carbocycles. The lowest BCUT2D eigenvalue weighted by molar-refractivity contribution is 0.104. The summed E-state index contributed by atoms with van der Waals surface area (Å²) in [5.41, 5.74) is 1.62. The molecule has 0 radical (unpaired) electrons. The number of benzene rings is 1. The number of ketones is 1. The molecule has 0 spiro atoms.